The van der Waals surface area contributed by atoms with Gasteiger partial charge in [-0.3, -0.25) is 38.4 Å². The highest BCUT2D eigenvalue weighted by Gasteiger charge is 2.35. The van der Waals surface area contributed by atoms with Crippen LogP contribution in [0.5, 0.6) is 0 Å². The number of carbonyl (C=O) groups is 9. The predicted molar refractivity (Wildman–Crippen MR) is 172 cm³/mol. The van der Waals surface area contributed by atoms with Gasteiger partial charge >= 0.3 is 11.9 Å². The maximum atomic E-state index is 13.4. The van der Waals surface area contributed by atoms with Crippen molar-refractivity contribution >= 4 is 53.3 Å². The minimum Gasteiger partial charge on any atom is -0.481 e. The first-order chi connectivity index (χ1) is 23.2. The molecule has 21 heteroatoms. The largest absolute Gasteiger partial charge is 0.481 e. The van der Waals surface area contributed by atoms with Crippen LogP contribution >= 0.6 is 0 Å². The lowest BCUT2D eigenvalue weighted by molar-refractivity contribution is -0.143. The van der Waals surface area contributed by atoms with Gasteiger partial charge in [-0.1, -0.05) is 34.1 Å². The second-order valence-electron chi connectivity index (χ2n) is 12.1. The van der Waals surface area contributed by atoms with Gasteiger partial charge in [-0.05, 0) is 25.2 Å². The molecule has 0 aromatic heterocycles. The summed E-state index contributed by atoms with van der Waals surface area (Å²) in [6, 6.07) is -10.6. The highest BCUT2D eigenvalue weighted by Crippen LogP contribution is 2.12. The molecule has 0 aromatic carbocycles. The van der Waals surface area contributed by atoms with Gasteiger partial charge in [-0.25, -0.2) is 4.79 Å². The number of nitrogens with two attached hydrogens (primary N) is 2. The first-order valence-electron chi connectivity index (χ1n) is 15.7. The van der Waals surface area contributed by atoms with E-state index in [1.807, 2.05) is 0 Å². The quantitative estimate of drug-likeness (QED) is 0.0470. The Kier molecular flexibility index (Phi) is 19.8. The van der Waals surface area contributed by atoms with E-state index in [9.17, 15) is 58.5 Å². The maximum Gasteiger partial charge on any atom is 0.328 e. The Morgan fingerprint density at radius 3 is 1.54 bits per heavy atom. The van der Waals surface area contributed by atoms with Crippen LogP contribution in [0.25, 0.3) is 0 Å². The molecule has 0 fully saturated rings. The summed E-state index contributed by atoms with van der Waals surface area (Å²) < 4.78 is 0. The maximum absolute atomic E-state index is 13.4. The molecular formula is C29H50N8O13. The number of primary amides is 1. The number of nitrogens with one attached hydrogen (secondary N) is 6. The van der Waals surface area contributed by atoms with E-state index in [4.69, 9.17) is 16.6 Å². The standard InChI is InChI=1S/C29H50N8O13/c1-6-13(4)22(28(48)36-19(11-39)29(49)50)37-26(46)16(7-12(2)3)33-25(45)17(9-20(31)40)34-27(47)18(10-38)35-23(43)14(5)32-24(44)15(30)8-21(41)42/h12-19,22,38-39H,6-11,30H2,1-5H3,(H2,31,40)(H,32,44)(H,33,45)(H,34,47)(H,35,43)(H,36,48)(H,37,46)(H,41,42)(H,49,50)/t13-,14-,15-,16-,17-,18-,19-,22-/m0/s1. The van der Waals surface area contributed by atoms with E-state index in [1.54, 1.807) is 27.7 Å². The van der Waals surface area contributed by atoms with Crippen molar-refractivity contribution in [2.45, 2.75) is 103 Å². The Morgan fingerprint density at radius 1 is 0.600 bits per heavy atom. The zero-order chi connectivity index (χ0) is 38.9. The fraction of sp³-hybridized carbons (Fsp3) is 0.690. The van der Waals surface area contributed by atoms with Crippen LogP contribution in [-0.4, -0.2) is 129 Å². The van der Waals surface area contributed by atoms with E-state index < -0.39 is 128 Å². The van der Waals surface area contributed by atoms with Crippen molar-refractivity contribution in [1.82, 2.24) is 31.9 Å². The van der Waals surface area contributed by atoms with Gasteiger partial charge in [0.2, 0.25) is 41.4 Å². The molecule has 0 spiro atoms. The molecule has 7 amide bonds. The summed E-state index contributed by atoms with van der Waals surface area (Å²) >= 11 is 0. The van der Waals surface area contributed by atoms with Crippen molar-refractivity contribution in [2.24, 2.45) is 23.3 Å². The van der Waals surface area contributed by atoms with Gasteiger partial charge < -0.3 is 63.8 Å². The number of carboxylic acids is 2. The van der Waals surface area contributed by atoms with Crippen LogP contribution in [0.15, 0.2) is 0 Å². The number of aliphatic carboxylic acids is 2. The van der Waals surface area contributed by atoms with Crippen LogP contribution in [0.3, 0.4) is 0 Å². The number of carbonyl (C=O) groups excluding carboxylic acids is 7. The predicted octanol–water partition coefficient (Wildman–Crippen LogP) is -5.25. The molecule has 0 radical (unpaired) electrons. The smallest absolute Gasteiger partial charge is 0.328 e. The third-order valence-electron chi connectivity index (χ3n) is 7.27. The molecule has 14 N–H and O–H groups in total. The van der Waals surface area contributed by atoms with E-state index >= 15 is 0 Å². The molecule has 0 saturated carbocycles. The summed E-state index contributed by atoms with van der Waals surface area (Å²) in [6.45, 7) is 5.99. The average molecular weight is 719 g/mol. The van der Waals surface area contributed by atoms with Crippen molar-refractivity contribution in [3.05, 3.63) is 0 Å². The molecule has 0 saturated heterocycles. The zero-order valence-corrected chi connectivity index (χ0v) is 28.6. The summed E-state index contributed by atoms with van der Waals surface area (Å²) in [7, 11) is 0. The van der Waals surface area contributed by atoms with Crippen molar-refractivity contribution in [3.63, 3.8) is 0 Å². The molecule has 21 nitrogen and oxygen atoms in total. The molecule has 0 aliphatic carbocycles. The van der Waals surface area contributed by atoms with Crippen molar-refractivity contribution in [3.8, 4) is 0 Å². The summed E-state index contributed by atoms with van der Waals surface area (Å²) in [5, 5.41) is 50.5. The fourth-order valence-corrected chi connectivity index (χ4v) is 4.22. The van der Waals surface area contributed by atoms with E-state index in [0.717, 1.165) is 0 Å². The minimum atomic E-state index is -1.73. The molecule has 50 heavy (non-hydrogen) atoms. The number of rotatable bonds is 23. The number of amides is 7. The monoisotopic (exact) mass is 718 g/mol. The summed E-state index contributed by atoms with van der Waals surface area (Å²) in [5.41, 5.74) is 10.7. The molecule has 0 bridgehead atoms. The Labute approximate surface area is 288 Å². The topological polar surface area (TPSA) is 359 Å². The Bertz CT molecular complexity index is 1250. The Morgan fingerprint density at radius 2 is 1.08 bits per heavy atom. The Hall–Kier alpha value is -4.89. The van der Waals surface area contributed by atoms with Crippen LogP contribution in [-0.2, 0) is 43.2 Å². The zero-order valence-electron chi connectivity index (χ0n) is 28.6. The molecule has 0 aliphatic heterocycles. The molecule has 0 aromatic rings. The molecule has 0 heterocycles. The molecule has 8 atom stereocenters. The second-order valence-corrected chi connectivity index (χ2v) is 12.1. The first-order valence-corrected chi connectivity index (χ1v) is 15.7. The summed E-state index contributed by atoms with van der Waals surface area (Å²) in [5.74, 6) is -10.7. The number of aliphatic hydroxyl groups is 2. The van der Waals surface area contributed by atoms with Crippen molar-refractivity contribution < 1.29 is 63.6 Å². The molecule has 284 valence electrons. The van der Waals surface area contributed by atoms with Crippen molar-refractivity contribution in [2.75, 3.05) is 13.2 Å². The number of aliphatic hydroxyl groups excluding tert-OH is 2. The van der Waals surface area contributed by atoms with Gasteiger partial charge in [-0.15, -0.1) is 0 Å². The normalized spacial score (nSPS) is 15.8. The lowest BCUT2D eigenvalue weighted by Crippen LogP contribution is -2.61. The Balaban J connectivity index is 5.94. The highest BCUT2D eigenvalue weighted by molar-refractivity contribution is 5.98. The van der Waals surface area contributed by atoms with Gasteiger partial charge in [0.25, 0.3) is 0 Å². The van der Waals surface area contributed by atoms with Gasteiger partial charge in [0, 0.05) is 0 Å². The van der Waals surface area contributed by atoms with Gasteiger partial charge in [0.05, 0.1) is 32.1 Å². The van der Waals surface area contributed by atoms with Crippen LogP contribution in [0, 0.1) is 11.8 Å². The lowest BCUT2D eigenvalue weighted by atomic mass is 9.96. The van der Waals surface area contributed by atoms with Gasteiger partial charge in [0.15, 0.2) is 0 Å². The third-order valence-corrected chi connectivity index (χ3v) is 7.27. The minimum absolute atomic E-state index is 0.00685. The van der Waals surface area contributed by atoms with Crippen LogP contribution in [0.2, 0.25) is 0 Å². The fourth-order valence-electron chi connectivity index (χ4n) is 4.22. The average Bonchev–Trinajstić information content (AvgIpc) is 3.02. The molecular weight excluding hydrogens is 668 g/mol. The first kappa shape index (κ1) is 45.1. The highest BCUT2D eigenvalue weighted by atomic mass is 16.4. The summed E-state index contributed by atoms with van der Waals surface area (Å²) in [6.07, 6.45) is -1.16. The van der Waals surface area contributed by atoms with Crippen LogP contribution < -0.4 is 43.4 Å². The molecule has 0 rings (SSSR count). The molecule has 0 unspecified atom stereocenters. The van der Waals surface area contributed by atoms with Gasteiger partial charge in [0.1, 0.15) is 36.3 Å². The summed E-state index contributed by atoms with van der Waals surface area (Å²) in [4.78, 5) is 111. The van der Waals surface area contributed by atoms with Crippen LogP contribution in [0.4, 0.5) is 0 Å². The van der Waals surface area contributed by atoms with Crippen LogP contribution in [0.1, 0.15) is 60.3 Å². The van der Waals surface area contributed by atoms with E-state index in [0.29, 0.717) is 6.42 Å². The lowest BCUT2D eigenvalue weighted by Gasteiger charge is -2.29. The SMILES string of the molecule is CC[C@H](C)[C@H](NC(=O)[C@H](CC(C)C)NC(=O)[C@H](CC(N)=O)NC(=O)[C@H](CO)NC(=O)[C@H](C)NC(=O)[C@@H](N)CC(=O)O)C(=O)N[C@@H](CO)C(=O)O. The van der Waals surface area contributed by atoms with E-state index in [2.05, 4.69) is 31.9 Å². The molecule has 0 aliphatic rings. The number of carboxylic acid groups (broad SMARTS) is 2. The second kappa shape index (κ2) is 22.0. The van der Waals surface area contributed by atoms with Crippen molar-refractivity contribution in [1.29, 1.82) is 0 Å². The van der Waals surface area contributed by atoms with Gasteiger partial charge in [-0.2, -0.15) is 0 Å². The third kappa shape index (κ3) is 16.0. The van der Waals surface area contributed by atoms with E-state index in [1.165, 1.54) is 6.92 Å². The van der Waals surface area contributed by atoms with E-state index in [-0.39, 0.29) is 12.3 Å². The number of hydrogen-bond donors (Lipinski definition) is 12. The number of hydrogen-bond acceptors (Lipinski definition) is 12.